The summed E-state index contributed by atoms with van der Waals surface area (Å²) < 4.78 is 24.1. The van der Waals surface area contributed by atoms with E-state index in [9.17, 15) is 23.1 Å². The van der Waals surface area contributed by atoms with Gasteiger partial charge in [0.1, 0.15) is 6.04 Å². The quantitative estimate of drug-likeness (QED) is 0.387. The molecule has 1 aliphatic rings. The van der Waals surface area contributed by atoms with Crippen molar-refractivity contribution in [2.45, 2.75) is 36.9 Å². The minimum absolute atomic E-state index is 0. The summed E-state index contributed by atoms with van der Waals surface area (Å²) in [6, 6.07) is 15.5. The van der Waals surface area contributed by atoms with Crippen molar-refractivity contribution in [3.05, 3.63) is 98.5 Å². The Hall–Kier alpha value is -2.62. The number of sulfone groups is 1. The van der Waals surface area contributed by atoms with E-state index >= 15 is 0 Å². The molecule has 0 aromatic heterocycles. The Kier molecular flexibility index (Phi) is 9.84. The van der Waals surface area contributed by atoms with Crippen LogP contribution in [0.2, 0.25) is 10.0 Å². The van der Waals surface area contributed by atoms with Crippen LogP contribution in [-0.4, -0.2) is 49.1 Å². The zero-order valence-electron chi connectivity index (χ0n) is 20.5. The van der Waals surface area contributed by atoms with E-state index in [1.165, 1.54) is 17.0 Å². The van der Waals surface area contributed by atoms with Gasteiger partial charge in [-0.2, -0.15) is 0 Å². The smallest absolute Gasteiger partial charge is 0.326 e. The van der Waals surface area contributed by atoms with Gasteiger partial charge in [0.05, 0.1) is 20.5 Å². The molecule has 1 atom stereocenters. The van der Waals surface area contributed by atoms with Crippen LogP contribution in [0, 0.1) is 0 Å². The first-order valence-corrected chi connectivity index (χ1v) is 14.3. The minimum atomic E-state index is -3.50. The van der Waals surface area contributed by atoms with Crippen molar-refractivity contribution in [3.8, 4) is 0 Å². The summed E-state index contributed by atoms with van der Waals surface area (Å²) >= 11 is 13.3. The van der Waals surface area contributed by atoms with Gasteiger partial charge in [-0.15, -0.1) is 12.4 Å². The van der Waals surface area contributed by atoms with Crippen molar-refractivity contribution in [1.82, 2.24) is 10.2 Å². The maximum Gasteiger partial charge on any atom is 0.326 e. The number of halogens is 3. The van der Waals surface area contributed by atoms with Gasteiger partial charge >= 0.3 is 5.97 Å². The molecule has 11 heteroatoms. The molecule has 0 saturated carbocycles. The number of carboxylic acids is 1. The molecule has 38 heavy (non-hydrogen) atoms. The molecule has 0 fully saturated rings. The molecule has 0 bridgehead atoms. The van der Waals surface area contributed by atoms with Crippen LogP contribution in [-0.2, 0) is 40.6 Å². The standard InChI is InChI=1S/C27H26Cl2N2O5S.ClH/c1-37(35,36)20-9-5-8-18(12-20)13-23(27(33)34)31(16-17-6-3-2-4-7-17)26(32)24-22(28)14-19-15-30-11-10-21(19)25(24)29;/h2-9,12,14,23,30H,10-11,13,15-16H2,1H3,(H,33,34);1H/t23-;/m0./s1. The fraction of sp³-hybridized carbons (Fsp3) is 0.259. The highest BCUT2D eigenvalue weighted by Gasteiger charge is 2.34. The molecule has 0 radical (unpaired) electrons. The van der Waals surface area contributed by atoms with Gasteiger partial charge in [0.2, 0.25) is 0 Å². The minimum Gasteiger partial charge on any atom is -0.480 e. The lowest BCUT2D eigenvalue weighted by Crippen LogP contribution is -2.46. The molecular weight excluding hydrogens is 571 g/mol. The Morgan fingerprint density at radius 1 is 1.05 bits per heavy atom. The third-order valence-electron chi connectivity index (χ3n) is 6.37. The Morgan fingerprint density at radius 3 is 2.39 bits per heavy atom. The molecule has 1 heterocycles. The van der Waals surface area contributed by atoms with Crippen molar-refractivity contribution >= 4 is 57.3 Å². The van der Waals surface area contributed by atoms with Crippen molar-refractivity contribution in [1.29, 1.82) is 0 Å². The van der Waals surface area contributed by atoms with Crippen LogP contribution in [0.1, 0.15) is 32.6 Å². The van der Waals surface area contributed by atoms with Crippen LogP contribution in [0.3, 0.4) is 0 Å². The van der Waals surface area contributed by atoms with Crippen LogP contribution in [0.5, 0.6) is 0 Å². The number of carboxylic acid groups (broad SMARTS) is 1. The molecule has 202 valence electrons. The van der Waals surface area contributed by atoms with Gasteiger partial charge in [-0.3, -0.25) is 4.79 Å². The monoisotopic (exact) mass is 596 g/mol. The highest BCUT2D eigenvalue weighted by atomic mass is 35.5. The predicted octanol–water partition coefficient (Wildman–Crippen LogP) is 4.80. The summed E-state index contributed by atoms with van der Waals surface area (Å²) in [4.78, 5) is 27.9. The normalized spacial score (nSPS) is 13.7. The number of nitrogens with one attached hydrogen (secondary N) is 1. The first kappa shape index (κ1) is 29.9. The maximum absolute atomic E-state index is 14.0. The number of fused-ring (bicyclic) bond motifs is 1. The molecule has 1 amide bonds. The second-order valence-corrected chi connectivity index (χ2v) is 11.8. The van der Waals surface area contributed by atoms with Crippen molar-refractivity contribution in [2.24, 2.45) is 0 Å². The van der Waals surface area contributed by atoms with Gasteiger partial charge in [0.15, 0.2) is 9.84 Å². The number of hydrogen-bond donors (Lipinski definition) is 2. The molecule has 0 unspecified atom stereocenters. The summed E-state index contributed by atoms with van der Waals surface area (Å²) in [7, 11) is -3.50. The van der Waals surface area contributed by atoms with Crippen LogP contribution < -0.4 is 5.32 Å². The second kappa shape index (κ2) is 12.5. The summed E-state index contributed by atoms with van der Waals surface area (Å²) in [5, 5.41) is 13.9. The van der Waals surface area contributed by atoms with Gasteiger partial charge in [-0.1, -0.05) is 65.7 Å². The molecule has 2 N–H and O–H groups in total. The van der Waals surface area contributed by atoms with E-state index in [0.29, 0.717) is 25.1 Å². The lowest BCUT2D eigenvalue weighted by molar-refractivity contribution is -0.142. The van der Waals surface area contributed by atoms with E-state index in [1.54, 1.807) is 42.5 Å². The molecule has 1 aliphatic heterocycles. The second-order valence-electron chi connectivity index (χ2n) is 9.01. The first-order valence-electron chi connectivity index (χ1n) is 11.6. The fourth-order valence-corrected chi connectivity index (χ4v) is 5.92. The van der Waals surface area contributed by atoms with E-state index in [1.807, 2.05) is 6.07 Å². The lowest BCUT2D eigenvalue weighted by Gasteiger charge is -2.31. The van der Waals surface area contributed by atoms with Crippen molar-refractivity contribution < 1.29 is 23.1 Å². The number of carbonyl (C=O) groups excluding carboxylic acids is 1. The van der Waals surface area contributed by atoms with Crippen LogP contribution in [0.15, 0.2) is 65.6 Å². The molecule has 4 rings (SSSR count). The van der Waals surface area contributed by atoms with E-state index in [0.717, 1.165) is 22.9 Å². The van der Waals surface area contributed by atoms with Gasteiger partial charge in [-0.05, 0) is 53.4 Å². The highest BCUT2D eigenvalue weighted by Crippen LogP contribution is 2.35. The largest absolute Gasteiger partial charge is 0.480 e. The van der Waals surface area contributed by atoms with E-state index in [-0.39, 0.29) is 45.9 Å². The van der Waals surface area contributed by atoms with Gasteiger partial charge < -0.3 is 15.3 Å². The Balaban J connectivity index is 0.00000400. The maximum atomic E-state index is 14.0. The topological polar surface area (TPSA) is 104 Å². The lowest BCUT2D eigenvalue weighted by atomic mass is 9.96. The summed E-state index contributed by atoms with van der Waals surface area (Å²) in [5.41, 5.74) is 2.98. The zero-order chi connectivity index (χ0) is 26.7. The Morgan fingerprint density at radius 2 is 1.74 bits per heavy atom. The molecule has 0 aliphatic carbocycles. The van der Waals surface area contributed by atoms with Gasteiger partial charge in [-0.25, -0.2) is 13.2 Å². The number of amides is 1. The third kappa shape index (κ3) is 6.68. The number of hydrogen-bond acceptors (Lipinski definition) is 5. The summed E-state index contributed by atoms with van der Waals surface area (Å²) in [5.74, 6) is -1.84. The average molecular weight is 598 g/mol. The Labute approximate surface area is 238 Å². The third-order valence-corrected chi connectivity index (χ3v) is 8.19. The van der Waals surface area contributed by atoms with E-state index in [4.69, 9.17) is 23.2 Å². The first-order chi connectivity index (χ1) is 17.6. The predicted molar refractivity (Wildman–Crippen MR) is 150 cm³/mol. The molecule has 0 saturated heterocycles. The van der Waals surface area contributed by atoms with Crippen LogP contribution >= 0.6 is 35.6 Å². The summed E-state index contributed by atoms with van der Waals surface area (Å²) in [6.45, 7) is 1.27. The number of rotatable bonds is 8. The van der Waals surface area contributed by atoms with Gasteiger partial charge in [0.25, 0.3) is 5.91 Å². The fourth-order valence-electron chi connectivity index (χ4n) is 4.47. The molecule has 7 nitrogen and oxygen atoms in total. The van der Waals surface area contributed by atoms with Crippen LogP contribution in [0.4, 0.5) is 0 Å². The van der Waals surface area contributed by atoms with E-state index in [2.05, 4.69) is 5.32 Å². The van der Waals surface area contributed by atoms with Crippen molar-refractivity contribution in [3.63, 3.8) is 0 Å². The number of nitrogens with zero attached hydrogens (tertiary/aromatic N) is 1. The number of carbonyl (C=O) groups is 2. The summed E-state index contributed by atoms with van der Waals surface area (Å²) in [6.07, 6.45) is 1.59. The number of aliphatic carboxylic acids is 1. The molecular formula is C27H27Cl3N2O5S. The zero-order valence-corrected chi connectivity index (χ0v) is 23.6. The van der Waals surface area contributed by atoms with Crippen LogP contribution in [0.25, 0.3) is 0 Å². The molecule has 3 aromatic rings. The number of benzene rings is 3. The average Bonchev–Trinajstić information content (AvgIpc) is 2.86. The van der Waals surface area contributed by atoms with Crippen molar-refractivity contribution in [2.75, 3.05) is 12.8 Å². The highest BCUT2D eigenvalue weighted by molar-refractivity contribution is 7.90. The van der Waals surface area contributed by atoms with E-state index < -0.39 is 27.8 Å². The van der Waals surface area contributed by atoms with Gasteiger partial charge in [0, 0.05) is 25.8 Å². The Bertz CT molecular complexity index is 1450. The molecule has 3 aromatic carbocycles. The SMILES string of the molecule is CS(=O)(=O)c1cccc(C[C@@H](C(=O)O)N(Cc2ccccc2)C(=O)c2c(Cl)cc3c(c2Cl)CCNC3)c1.Cl. The molecule has 0 spiro atoms.